The fourth-order valence-corrected chi connectivity index (χ4v) is 4.31. The number of hydrogen-bond acceptors (Lipinski definition) is 4. The van der Waals surface area contributed by atoms with Crippen LogP contribution in [0.25, 0.3) is 0 Å². The molecule has 1 atom stereocenters. The third-order valence-corrected chi connectivity index (χ3v) is 7.34. The molecular formula is C13H22O3SSi. The van der Waals surface area contributed by atoms with Gasteiger partial charge in [-0.05, 0) is 17.0 Å². The third-order valence-electron chi connectivity index (χ3n) is 2.60. The van der Waals surface area contributed by atoms with Gasteiger partial charge in [0.2, 0.25) is 0 Å². The van der Waals surface area contributed by atoms with E-state index in [-0.39, 0.29) is 0 Å². The minimum atomic E-state index is -1.37. The van der Waals surface area contributed by atoms with E-state index in [0.717, 1.165) is 12.8 Å². The molecule has 0 aliphatic carbocycles. The van der Waals surface area contributed by atoms with Crippen LogP contribution in [0, 0.1) is 0 Å². The van der Waals surface area contributed by atoms with E-state index in [4.69, 9.17) is 4.74 Å². The third kappa shape index (κ3) is 4.22. The van der Waals surface area contributed by atoms with Crippen LogP contribution >= 0.6 is 11.3 Å². The van der Waals surface area contributed by atoms with Crippen molar-refractivity contribution in [2.24, 2.45) is 0 Å². The summed E-state index contributed by atoms with van der Waals surface area (Å²) in [7, 11) is -1.37. The summed E-state index contributed by atoms with van der Waals surface area (Å²) in [5.74, 6) is -0.535. The van der Waals surface area contributed by atoms with Crippen LogP contribution < -0.4 is 4.50 Å². The van der Waals surface area contributed by atoms with Crippen molar-refractivity contribution >= 4 is 29.9 Å². The molecule has 1 heterocycles. The quantitative estimate of drug-likeness (QED) is 0.497. The van der Waals surface area contributed by atoms with Gasteiger partial charge >= 0.3 is 5.97 Å². The van der Waals surface area contributed by atoms with E-state index in [1.807, 2.05) is 19.1 Å². The van der Waals surface area contributed by atoms with Crippen molar-refractivity contribution in [1.82, 2.24) is 0 Å². The van der Waals surface area contributed by atoms with Crippen molar-refractivity contribution in [1.29, 1.82) is 0 Å². The average molecular weight is 286 g/mol. The van der Waals surface area contributed by atoms with Gasteiger partial charge in [-0.25, -0.2) is 4.79 Å². The fraction of sp³-hybridized carbons (Fsp3) is 0.615. The maximum absolute atomic E-state index is 11.6. The number of rotatable bonds is 6. The lowest BCUT2D eigenvalue weighted by Gasteiger charge is -2.13. The van der Waals surface area contributed by atoms with Gasteiger partial charge in [0.05, 0.1) is 14.7 Å². The first kappa shape index (κ1) is 15.4. The van der Waals surface area contributed by atoms with E-state index in [2.05, 4.69) is 19.6 Å². The number of carbonyl (C=O) groups excluding carboxylic acids is 1. The maximum Gasteiger partial charge on any atom is 0.340 e. The molecule has 0 amide bonds. The van der Waals surface area contributed by atoms with Crippen LogP contribution in [-0.2, 0) is 9.53 Å². The second-order valence-electron chi connectivity index (χ2n) is 5.38. The summed E-state index contributed by atoms with van der Waals surface area (Å²) in [5.41, 5.74) is 0. The Bertz CT molecular complexity index is 395. The highest BCUT2D eigenvalue weighted by Gasteiger charge is 2.24. The van der Waals surface area contributed by atoms with E-state index in [9.17, 15) is 9.90 Å². The van der Waals surface area contributed by atoms with Crippen molar-refractivity contribution in [2.75, 3.05) is 6.61 Å². The summed E-state index contributed by atoms with van der Waals surface area (Å²) < 4.78 is 6.31. The molecule has 0 saturated heterocycles. The molecular weight excluding hydrogens is 264 g/mol. The largest absolute Gasteiger partial charge is 0.463 e. The minimum Gasteiger partial charge on any atom is -0.463 e. The molecule has 0 aliphatic rings. The molecule has 3 nitrogen and oxygen atoms in total. The zero-order valence-corrected chi connectivity index (χ0v) is 13.3. The van der Waals surface area contributed by atoms with E-state index in [0.29, 0.717) is 11.5 Å². The van der Waals surface area contributed by atoms with Crippen LogP contribution in [0.4, 0.5) is 0 Å². The number of esters is 1. The monoisotopic (exact) mass is 286 g/mol. The second-order valence-corrected chi connectivity index (χ2v) is 11.9. The van der Waals surface area contributed by atoms with Crippen LogP contribution in [0.15, 0.2) is 12.1 Å². The number of aliphatic hydroxyl groups is 1. The SMILES string of the molecule is CCCCOC(=O)[C@@H](O)c1ccc([Si](C)(C)C)s1. The Kier molecular flexibility index (Phi) is 5.56. The molecule has 1 N–H and O–H groups in total. The van der Waals surface area contributed by atoms with Crippen LogP contribution in [0.3, 0.4) is 0 Å². The molecule has 0 fully saturated rings. The Labute approximate surface area is 114 Å². The first-order chi connectivity index (χ1) is 8.36. The summed E-state index contributed by atoms with van der Waals surface area (Å²) in [6.07, 6.45) is 0.683. The van der Waals surface area contributed by atoms with Crippen LogP contribution in [0.5, 0.6) is 0 Å². The lowest BCUT2D eigenvalue weighted by molar-refractivity contribution is -0.153. The molecule has 0 aliphatic heterocycles. The van der Waals surface area contributed by atoms with Crippen molar-refractivity contribution in [3.8, 4) is 0 Å². The Balaban J connectivity index is 2.64. The first-order valence-electron chi connectivity index (χ1n) is 6.31. The predicted octanol–water partition coefficient (Wildman–Crippen LogP) is 2.67. The van der Waals surface area contributed by atoms with E-state index in [1.165, 1.54) is 15.8 Å². The summed E-state index contributed by atoms with van der Waals surface area (Å²) >= 11 is 1.53. The molecule has 1 aromatic rings. The summed E-state index contributed by atoms with van der Waals surface area (Å²) in [4.78, 5) is 12.3. The van der Waals surface area contributed by atoms with Gasteiger partial charge in [-0.15, -0.1) is 11.3 Å². The molecule has 5 heteroatoms. The molecule has 0 radical (unpaired) electrons. The molecule has 102 valence electrons. The predicted molar refractivity (Wildman–Crippen MR) is 78.1 cm³/mol. The zero-order chi connectivity index (χ0) is 13.8. The van der Waals surface area contributed by atoms with Gasteiger partial charge in [0, 0.05) is 4.88 Å². The summed E-state index contributed by atoms with van der Waals surface area (Å²) in [6.45, 7) is 9.15. The van der Waals surface area contributed by atoms with E-state index >= 15 is 0 Å². The number of unbranched alkanes of at least 4 members (excludes halogenated alkanes) is 1. The number of carbonyl (C=O) groups is 1. The van der Waals surface area contributed by atoms with Gasteiger partial charge in [-0.1, -0.05) is 39.1 Å². The maximum atomic E-state index is 11.6. The highest BCUT2D eigenvalue weighted by molar-refractivity contribution is 7.26. The second kappa shape index (κ2) is 6.50. The molecule has 0 unspecified atom stereocenters. The van der Waals surface area contributed by atoms with Gasteiger partial charge < -0.3 is 9.84 Å². The van der Waals surface area contributed by atoms with Gasteiger partial charge in [-0.3, -0.25) is 0 Å². The standard InChI is InChI=1S/C13H22O3SSi/c1-5-6-9-16-13(15)12(14)10-7-8-11(17-10)18(2,3)4/h7-8,12,14H,5-6,9H2,1-4H3/t12-/m0/s1. The van der Waals surface area contributed by atoms with Crippen molar-refractivity contribution in [3.63, 3.8) is 0 Å². The smallest absolute Gasteiger partial charge is 0.340 e. The van der Waals surface area contributed by atoms with Crippen LogP contribution in [0.1, 0.15) is 30.7 Å². The van der Waals surface area contributed by atoms with Crippen LogP contribution in [0.2, 0.25) is 19.6 Å². The first-order valence-corrected chi connectivity index (χ1v) is 10.6. The Morgan fingerprint density at radius 3 is 2.61 bits per heavy atom. The Morgan fingerprint density at radius 2 is 2.11 bits per heavy atom. The summed E-state index contributed by atoms with van der Waals surface area (Å²) in [5, 5.41) is 9.92. The Morgan fingerprint density at radius 1 is 1.44 bits per heavy atom. The number of hydrogen-bond donors (Lipinski definition) is 1. The van der Waals surface area contributed by atoms with Gasteiger partial charge in [0.25, 0.3) is 0 Å². The molecule has 18 heavy (non-hydrogen) atoms. The van der Waals surface area contributed by atoms with Gasteiger partial charge in [0.1, 0.15) is 0 Å². The van der Waals surface area contributed by atoms with Crippen LogP contribution in [-0.4, -0.2) is 25.8 Å². The van der Waals surface area contributed by atoms with Crippen molar-refractivity contribution in [3.05, 3.63) is 17.0 Å². The molecule has 0 aromatic carbocycles. The molecule has 0 bridgehead atoms. The zero-order valence-electron chi connectivity index (χ0n) is 11.5. The molecule has 1 aromatic heterocycles. The van der Waals surface area contributed by atoms with Gasteiger partial charge in [0.15, 0.2) is 6.10 Å². The molecule has 1 rings (SSSR count). The lowest BCUT2D eigenvalue weighted by atomic mass is 10.3. The highest BCUT2D eigenvalue weighted by Crippen LogP contribution is 2.21. The Hall–Kier alpha value is -0.653. The topological polar surface area (TPSA) is 46.5 Å². The highest BCUT2D eigenvalue weighted by atomic mass is 32.1. The average Bonchev–Trinajstić information content (AvgIpc) is 2.77. The number of aliphatic hydroxyl groups excluding tert-OH is 1. The lowest BCUT2D eigenvalue weighted by Crippen LogP contribution is -2.34. The summed E-state index contributed by atoms with van der Waals surface area (Å²) in [6, 6.07) is 3.86. The number of ether oxygens (including phenoxy) is 1. The molecule has 0 saturated carbocycles. The van der Waals surface area contributed by atoms with E-state index in [1.54, 1.807) is 0 Å². The minimum absolute atomic E-state index is 0.388. The number of thiophene rings is 1. The molecule has 0 spiro atoms. The fourth-order valence-electron chi connectivity index (χ4n) is 1.42. The van der Waals surface area contributed by atoms with E-state index < -0.39 is 20.1 Å². The van der Waals surface area contributed by atoms with Gasteiger partial charge in [-0.2, -0.15) is 0 Å². The van der Waals surface area contributed by atoms with Crippen molar-refractivity contribution < 1.29 is 14.6 Å². The van der Waals surface area contributed by atoms with Crippen molar-refractivity contribution in [2.45, 2.75) is 45.5 Å². The normalized spacial score (nSPS) is 13.4.